The van der Waals surface area contributed by atoms with Crippen LogP contribution in [0.4, 0.5) is 4.79 Å². The van der Waals surface area contributed by atoms with Crippen molar-refractivity contribution < 1.29 is 24.2 Å². The zero-order chi connectivity index (χ0) is 22.3. The van der Waals surface area contributed by atoms with Gasteiger partial charge in [-0.3, -0.25) is 0 Å². The number of piperidine rings is 1. The fourth-order valence-corrected chi connectivity index (χ4v) is 4.04. The van der Waals surface area contributed by atoms with Gasteiger partial charge in [0.1, 0.15) is 23.1 Å². The van der Waals surface area contributed by atoms with Gasteiger partial charge in [-0.05, 0) is 56.6 Å². The molecule has 0 spiro atoms. The molecule has 2 rings (SSSR count). The van der Waals surface area contributed by atoms with Gasteiger partial charge in [-0.25, -0.2) is 4.79 Å². The third kappa shape index (κ3) is 5.52. The lowest BCUT2D eigenvalue weighted by atomic mass is 9.82. The fraction of sp³-hybridized carbons (Fsp3) is 0.682. The van der Waals surface area contributed by atoms with Crippen LogP contribution in [-0.4, -0.2) is 54.3 Å². The number of carbonyl (C=O) groups excluding carboxylic acids is 1. The quantitative estimate of drug-likeness (QED) is 0.710. The predicted octanol–water partition coefficient (Wildman–Crippen LogP) is 4.26. The lowest BCUT2D eigenvalue weighted by Gasteiger charge is -2.42. The van der Waals surface area contributed by atoms with E-state index in [1.165, 1.54) is 4.90 Å². The van der Waals surface area contributed by atoms with E-state index in [9.17, 15) is 15.0 Å². The van der Waals surface area contributed by atoms with E-state index in [-0.39, 0.29) is 18.0 Å². The third-order valence-electron chi connectivity index (χ3n) is 5.89. The lowest BCUT2D eigenvalue weighted by Crippen LogP contribution is -2.55. The molecule has 1 saturated heterocycles. The summed E-state index contributed by atoms with van der Waals surface area (Å²) in [6, 6.07) is 7.30. The fourth-order valence-electron chi connectivity index (χ4n) is 3.01. The number of nitrogens with zero attached hydrogens (tertiary/aromatic N) is 1. The topological polar surface area (TPSA) is 79.2 Å². The second kappa shape index (κ2) is 7.93. The van der Waals surface area contributed by atoms with Crippen LogP contribution in [-0.2, 0) is 10.3 Å². The van der Waals surface area contributed by atoms with Crippen molar-refractivity contribution >= 4 is 14.4 Å². The number of carbonyl (C=O) groups is 1. The minimum atomic E-state index is -1.95. The largest absolute Gasteiger partial charge is 0.544 e. The van der Waals surface area contributed by atoms with Crippen molar-refractivity contribution in [2.24, 2.45) is 0 Å². The third-order valence-corrected chi connectivity index (χ3v) is 10.3. The van der Waals surface area contributed by atoms with Crippen LogP contribution in [0.5, 0.6) is 5.75 Å². The number of ether oxygens (including phenoxy) is 1. The van der Waals surface area contributed by atoms with Gasteiger partial charge < -0.3 is 24.3 Å². The van der Waals surface area contributed by atoms with Gasteiger partial charge in [0.25, 0.3) is 0 Å². The maximum atomic E-state index is 12.3. The van der Waals surface area contributed by atoms with E-state index in [1.54, 1.807) is 32.9 Å². The van der Waals surface area contributed by atoms with E-state index in [4.69, 9.17) is 9.16 Å². The number of aliphatic hydroxyl groups is 2. The average molecular weight is 424 g/mol. The molecule has 1 amide bonds. The number of benzene rings is 1. The van der Waals surface area contributed by atoms with Gasteiger partial charge in [0.2, 0.25) is 8.32 Å². The zero-order valence-corrected chi connectivity index (χ0v) is 20.1. The smallest absolute Gasteiger partial charge is 0.410 e. The monoisotopic (exact) mass is 423 g/mol. The molecule has 1 aliphatic rings. The molecule has 0 radical (unpaired) electrons. The van der Waals surface area contributed by atoms with Gasteiger partial charge in [0.05, 0.1) is 6.54 Å². The predicted molar refractivity (Wildman–Crippen MR) is 117 cm³/mol. The molecule has 6 nitrogen and oxygen atoms in total. The van der Waals surface area contributed by atoms with Crippen molar-refractivity contribution in [3.05, 3.63) is 29.8 Å². The van der Waals surface area contributed by atoms with Crippen molar-refractivity contribution in [1.29, 1.82) is 0 Å². The molecule has 0 saturated carbocycles. The molecular formula is C22H37NO5Si. The number of β-amino-alcohol motifs (C(OH)–C–C–N with tert-alkyl or cyclic N) is 1. The van der Waals surface area contributed by atoms with Gasteiger partial charge in [-0.2, -0.15) is 0 Å². The normalized spacial score (nSPS) is 23.7. The number of hydrogen-bond donors (Lipinski definition) is 2. The zero-order valence-electron chi connectivity index (χ0n) is 19.1. The highest BCUT2D eigenvalue weighted by Crippen LogP contribution is 2.39. The van der Waals surface area contributed by atoms with Crippen LogP contribution in [0.3, 0.4) is 0 Å². The molecule has 7 heteroatoms. The molecule has 0 unspecified atom stereocenters. The molecule has 29 heavy (non-hydrogen) atoms. The minimum absolute atomic E-state index is 0.0215. The Kier molecular flexibility index (Phi) is 6.48. The summed E-state index contributed by atoms with van der Waals surface area (Å²) in [7, 11) is -1.95. The first-order valence-corrected chi connectivity index (χ1v) is 13.1. The van der Waals surface area contributed by atoms with Crippen LogP contribution in [0.15, 0.2) is 24.3 Å². The van der Waals surface area contributed by atoms with Crippen LogP contribution < -0.4 is 4.43 Å². The highest BCUT2D eigenvalue weighted by Gasteiger charge is 2.44. The maximum Gasteiger partial charge on any atom is 0.410 e. The molecule has 1 heterocycles. The molecule has 0 bridgehead atoms. The maximum absolute atomic E-state index is 12.3. The first-order chi connectivity index (χ1) is 13.1. The molecule has 1 aliphatic heterocycles. The number of hydrogen-bond acceptors (Lipinski definition) is 5. The lowest BCUT2D eigenvalue weighted by molar-refractivity contribution is -0.123. The Labute approximate surface area is 176 Å². The van der Waals surface area contributed by atoms with Gasteiger partial charge >= 0.3 is 6.09 Å². The summed E-state index contributed by atoms with van der Waals surface area (Å²) in [6.45, 7) is 16.7. The highest BCUT2D eigenvalue weighted by molar-refractivity contribution is 6.74. The Morgan fingerprint density at radius 3 is 2.14 bits per heavy atom. The van der Waals surface area contributed by atoms with Gasteiger partial charge in [-0.1, -0.05) is 32.9 Å². The minimum Gasteiger partial charge on any atom is -0.544 e. The summed E-state index contributed by atoms with van der Waals surface area (Å²) < 4.78 is 11.7. The van der Waals surface area contributed by atoms with Crippen LogP contribution in [0.1, 0.15) is 53.5 Å². The van der Waals surface area contributed by atoms with Crippen LogP contribution in [0.2, 0.25) is 18.1 Å². The second-order valence-electron chi connectivity index (χ2n) is 10.5. The van der Waals surface area contributed by atoms with Crippen molar-refractivity contribution in [3.8, 4) is 5.75 Å². The van der Waals surface area contributed by atoms with E-state index in [1.807, 2.05) is 12.1 Å². The molecule has 2 atom stereocenters. The van der Waals surface area contributed by atoms with Crippen LogP contribution in [0, 0.1) is 0 Å². The molecule has 1 aromatic carbocycles. The Morgan fingerprint density at radius 1 is 1.14 bits per heavy atom. The molecule has 2 N–H and O–H groups in total. The van der Waals surface area contributed by atoms with Crippen molar-refractivity contribution in [3.63, 3.8) is 0 Å². The van der Waals surface area contributed by atoms with Gasteiger partial charge in [0.15, 0.2) is 0 Å². The summed E-state index contributed by atoms with van der Waals surface area (Å²) in [6.07, 6.45) is -1.34. The standard InChI is InChI=1S/C22H37NO5Si/c1-20(2,3)27-19(25)23-14-13-22(26,18(24)15-23)16-9-11-17(12-10-16)28-29(7,8)21(4,5)6/h9-12,18,24,26H,13-15H2,1-8H3/t18-,22-/m0/s1. The highest BCUT2D eigenvalue weighted by atomic mass is 28.4. The summed E-state index contributed by atoms with van der Waals surface area (Å²) in [5, 5.41) is 21.9. The number of aliphatic hydroxyl groups excluding tert-OH is 1. The van der Waals surface area contributed by atoms with E-state index in [0.29, 0.717) is 12.1 Å². The molecule has 1 fully saturated rings. The van der Waals surface area contributed by atoms with E-state index in [0.717, 1.165) is 5.75 Å². The van der Waals surface area contributed by atoms with E-state index < -0.39 is 31.7 Å². The van der Waals surface area contributed by atoms with Crippen molar-refractivity contribution in [1.82, 2.24) is 4.90 Å². The van der Waals surface area contributed by atoms with Gasteiger partial charge in [-0.15, -0.1) is 0 Å². The first-order valence-electron chi connectivity index (χ1n) is 10.2. The number of rotatable bonds is 3. The molecular weight excluding hydrogens is 386 g/mol. The summed E-state index contributed by atoms with van der Waals surface area (Å²) in [5.41, 5.74) is -1.39. The molecule has 1 aromatic rings. The molecule has 0 aliphatic carbocycles. The van der Waals surface area contributed by atoms with Gasteiger partial charge in [0, 0.05) is 13.0 Å². The Balaban J connectivity index is 2.10. The van der Waals surface area contributed by atoms with Crippen molar-refractivity contribution in [2.75, 3.05) is 13.1 Å². The Bertz CT molecular complexity index is 720. The first kappa shape index (κ1) is 23.7. The number of amides is 1. The summed E-state index contributed by atoms with van der Waals surface area (Å²) in [4.78, 5) is 13.7. The second-order valence-corrected chi connectivity index (χ2v) is 15.2. The summed E-state index contributed by atoms with van der Waals surface area (Å²) in [5.74, 6) is 0.768. The Morgan fingerprint density at radius 2 is 1.69 bits per heavy atom. The summed E-state index contributed by atoms with van der Waals surface area (Å²) >= 11 is 0. The van der Waals surface area contributed by atoms with Crippen molar-refractivity contribution in [2.45, 2.75) is 83.4 Å². The van der Waals surface area contributed by atoms with Crippen LogP contribution >= 0.6 is 0 Å². The number of likely N-dealkylation sites (tertiary alicyclic amines) is 1. The van der Waals surface area contributed by atoms with E-state index in [2.05, 4.69) is 33.9 Å². The van der Waals surface area contributed by atoms with E-state index >= 15 is 0 Å². The average Bonchev–Trinajstić information content (AvgIpc) is 2.55. The van der Waals surface area contributed by atoms with Crippen LogP contribution in [0.25, 0.3) is 0 Å². The molecule has 164 valence electrons. The molecule has 0 aromatic heterocycles. The Hall–Kier alpha value is -1.57. The SMILES string of the molecule is CC(C)(C)OC(=O)N1CC[C@](O)(c2ccc(O[Si](C)(C)C(C)(C)C)cc2)[C@@H](O)C1.